The Morgan fingerprint density at radius 2 is 1.43 bits per heavy atom. The highest BCUT2D eigenvalue weighted by molar-refractivity contribution is 7.93. The standard InChI is InChI=1S/C30H33ClN2O10S/c1-37-19-14-24(39-3)20(25(15-19)40-4)11-13-44(35,36)17-18-8-9-23(38-2)30(33-18)32-12-10-22(34)21-16-26(41-5)28(42-6)29(43-7)27(21)31/h8-16H,17H2,1-7H3,(H,32,33)/b12-10-,13-11+. The summed E-state index contributed by atoms with van der Waals surface area (Å²) < 4.78 is 63.3. The van der Waals surface area contributed by atoms with Gasteiger partial charge >= 0.3 is 0 Å². The van der Waals surface area contributed by atoms with Gasteiger partial charge in [0.25, 0.3) is 0 Å². The molecule has 0 aliphatic carbocycles. The lowest BCUT2D eigenvalue weighted by Gasteiger charge is -2.15. The Morgan fingerprint density at radius 1 is 0.818 bits per heavy atom. The zero-order chi connectivity index (χ0) is 32.4. The van der Waals surface area contributed by atoms with Crippen LogP contribution < -0.4 is 38.5 Å². The van der Waals surface area contributed by atoms with E-state index >= 15 is 0 Å². The SMILES string of the molecule is COc1cc(OC)c(/C=C/S(=O)(=O)Cc2ccc(OC)c(N/C=C\C(=O)c3cc(OC)c(OC)c(OC)c3Cl)n2)c(OC)c1. The van der Waals surface area contributed by atoms with Gasteiger partial charge in [0.15, 0.2) is 38.7 Å². The van der Waals surface area contributed by atoms with E-state index in [1.807, 2.05) is 0 Å². The lowest BCUT2D eigenvalue weighted by atomic mass is 10.1. The first-order valence-corrected chi connectivity index (χ1v) is 14.9. The fourth-order valence-corrected chi connectivity index (χ4v) is 5.37. The van der Waals surface area contributed by atoms with Crippen LogP contribution in [0.3, 0.4) is 0 Å². The third kappa shape index (κ3) is 7.85. The fraction of sp³-hybridized carbons (Fsp3) is 0.267. The maximum Gasteiger partial charge on any atom is 0.204 e. The molecule has 1 aromatic heterocycles. The minimum absolute atomic E-state index is 0.0423. The number of nitrogens with zero attached hydrogens (tertiary/aromatic N) is 1. The van der Waals surface area contributed by atoms with Crippen LogP contribution in [-0.4, -0.2) is 69.0 Å². The van der Waals surface area contributed by atoms with Crippen molar-refractivity contribution in [3.63, 3.8) is 0 Å². The molecule has 236 valence electrons. The number of rotatable bonds is 15. The second kappa shape index (κ2) is 15.2. The van der Waals surface area contributed by atoms with Crippen LogP contribution in [0.2, 0.25) is 5.02 Å². The molecule has 2 aromatic carbocycles. The maximum absolute atomic E-state index is 13.0. The lowest BCUT2D eigenvalue weighted by Crippen LogP contribution is -2.06. The predicted octanol–water partition coefficient (Wildman–Crippen LogP) is 5.19. The van der Waals surface area contributed by atoms with Gasteiger partial charge in [0.05, 0.1) is 71.8 Å². The summed E-state index contributed by atoms with van der Waals surface area (Å²) in [4.78, 5) is 17.4. The van der Waals surface area contributed by atoms with Gasteiger partial charge in [-0.3, -0.25) is 4.79 Å². The number of anilines is 1. The molecule has 3 aromatic rings. The molecular formula is C30H33ClN2O10S. The molecule has 0 unspecified atom stereocenters. The van der Waals surface area contributed by atoms with E-state index in [2.05, 4.69) is 10.3 Å². The number of pyridine rings is 1. The fourth-order valence-electron chi connectivity index (χ4n) is 4.04. The number of ketones is 1. The molecular weight excluding hydrogens is 616 g/mol. The molecule has 44 heavy (non-hydrogen) atoms. The summed E-state index contributed by atoms with van der Waals surface area (Å²) in [6.07, 6.45) is 3.93. The zero-order valence-electron chi connectivity index (χ0n) is 25.2. The molecule has 0 bridgehead atoms. The summed E-state index contributed by atoms with van der Waals surface area (Å²) in [5, 5.41) is 3.96. The molecule has 0 fully saturated rings. The van der Waals surface area contributed by atoms with Crippen LogP contribution in [0.25, 0.3) is 6.08 Å². The van der Waals surface area contributed by atoms with Gasteiger partial charge in [0.2, 0.25) is 5.75 Å². The molecule has 12 nitrogen and oxygen atoms in total. The van der Waals surface area contributed by atoms with Gasteiger partial charge in [0, 0.05) is 35.4 Å². The van der Waals surface area contributed by atoms with Gasteiger partial charge in [-0.25, -0.2) is 13.4 Å². The summed E-state index contributed by atoms with van der Waals surface area (Å²) in [6.45, 7) is 0. The quantitative estimate of drug-likeness (QED) is 0.171. The summed E-state index contributed by atoms with van der Waals surface area (Å²) in [5.74, 6) is 1.48. The molecule has 1 heterocycles. The first-order valence-electron chi connectivity index (χ1n) is 12.8. The number of benzene rings is 2. The lowest BCUT2D eigenvalue weighted by molar-refractivity contribution is 0.104. The van der Waals surface area contributed by atoms with Gasteiger partial charge in [-0.05, 0) is 24.3 Å². The van der Waals surface area contributed by atoms with Gasteiger partial charge < -0.3 is 38.5 Å². The van der Waals surface area contributed by atoms with E-state index in [1.165, 1.54) is 80.3 Å². The third-order valence-corrected chi connectivity index (χ3v) is 7.79. The first-order chi connectivity index (χ1) is 21.1. The Morgan fingerprint density at radius 3 is 1.98 bits per heavy atom. The topological polar surface area (TPSA) is 141 Å². The molecule has 0 amide bonds. The van der Waals surface area contributed by atoms with Gasteiger partial charge in [-0.2, -0.15) is 0 Å². The van der Waals surface area contributed by atoms with Crippen LogP contribution in [0.5, 0.6) is 40.2 Å². The van der Waals surface area contributed by atoms with Gasteiger partial charge in [0.1, 0.15) is 17.2 Å². The van der Waals surface area contributed by atoms with E-state index in [-0.39, 0.29) is 39.3 Å². The van der Waals surface area contributed by atoms with Crippen molar-refractivity contribution in [2.24, 2.45) is 0 Å². The van der Waals surface area contributed by atoms with Crippen LogP contribution >= 0.6 is 11.6 Å². The number of nitrogens with one attached hydrogen (secondary N) is 1. The number of carbonyl (C=O) groups excluding carboxylic acids is 1. The second-order valence-electron chi connectivity index (χ2n) is 8.76. The van der Waals surface area contributed by atoms with Crippen molar-refractivity contribution in [3.05, 3.63) is 69.9 Å². The molecule has 0 aliphatic heterocycles. The number of allylic oxidation sites excluding steroid dienone is 1. The normalized spacial score (nSPS) is 11.4. The Hall–Kier alpha value is -4.62. The molecule has 0 aliphatic rings. The van der Waals surface area contributed by atoms with Crippen molar-refractivity contribution in [2.45, 2.75) is 5.75 Å². The molecule has 3 rings (SSSR count). The highest BCUT2D eigenvalue weighted by atomic mass is 35.5. The number of hydrogen-bond acceptors (Lipinski definition) is 12. The van der Waals surface area contributed by atoms with E-state index in [0.29, 0.717) is 28.6 Å². The smallest absolute Gasteiger partial charge is 0.204 e. The summed E-state index contributed by atoms with van der Waals surface area (Å²) in [6, 6.07) is 7.75. The number of carbonyl (C=O) groups is 1. The van der Waals surface area contributed by atoms with Crippen LogP contribution in [-0.2, 0) is 15.6 Å². The van der Waals surface area contributed by atoms with Gasteiger partial charge in [-0.15, -0.1) is 0 Å². The maximum atomic E-state index is 13.0. The highest BCUT2D eigenvalue weighted by Gasteiger charge is 2.22. The monoisotopic (exact) mass is 648 g/mol. The number of sulfone groups is 1. The predicted molar refractivity (Wildman–Crippen MR) is 167 cm³/mol. The van der Waals surface area contributed by atoms with Crippen LogP contribution in [0.1, 0.15) is 21.6 Å². The average Bonchev–Trinajstić information content (AvgIpc) is 3.02. The van der Waals surface area contributed by atoms with Crippen molar-refractivity contribution < 1.29 is 46.4 Å². The van der Waals surface area contributed by atoms with Gasteiger partial charge in [-0.1, -0.05) is 11.6 Å². The molecule has 0 saturated carbocycles. The molecule has 0 radical (unpaired) electrons. The van der Waals surface area contributed by atoms with E-state index < -0.39 is 21.4 Å². The number of aromatic nitrogens is 1. The largest absolute Gasteiger partial charge is 0.496 e. The number of hydrogen-bond donors (Lipinski definition) is 1. The van der Waals surface area contributed by atoms with Crippen molar-refractivity contribution in [3.8, 4) is 40.2 Å². The first kappa shape index (κ1) is 33.9. The zero-order valence-corrected chi connectivity index (χ0v) is 26.8. The van der Waals surface area contributed by atoms with E-state index in [1.54, 1.807) is 18.2 Å². The van der Waals surface area contributed by atoms with Crippen LogP contribution in [0.4, 0.5) is 5.82 Å². The highest BCUT2D eigenvalue weighted by Crippen LogP contribution is 2.44. The van der Waals surface area contributed by atoms with E-state index in [4.69, 9.17) is 44.8 Å². The van der Waals surface area contributed by atoms with Crippen LogP contribution in [0, 0.1) is 0 Å². The molecule has 0 atom stereocenters. The van der Waals surface area contributed by atoms with Crippen molar-refractivity contribution >= 4 is 39.1 Å². The summed E-state index contributed by atoms with van der Waals surface area (Å²) in [7, 11) is 6.27. The minimum atomic E-state index is -3.80. The van der Waals surface area contributed by atoms with E-state index in [0.717, 1.165) is 5.41 Å². The molecule has 0 spiro atoms. The second-order valence-corrected chi connectivity index (χ2v) is 11.0. The molecule has 0 saturated heterocycles. The Bertz CT molecular complexity index is 1650. The minimum Gasteiger partial charge on any atom is -0.496 e. The Labute approximate surface area is 261 Å². The number of halogens is 1. The molecule has 1 N–H and O–H groups in total. The number of ether oxygens (including phenoxy) is 7. The van der Waals surface area contributed by atoms with E-state index in [9.17, 15) is 13.2 Å². The Kier molecular flexibility index (Phi) is 11.7. The van der Waals surface area contributed by atoms with Crippen molar-refractivity contribution in [2.75, 3.05) is 55.1 Å². The van der Waals surface area contributed by atoms with Crippen molar-refractivity contribution in [1.82, 2.24) is 4.98 Å². The number of methoxy groups -OCH3 is 7. The summed E-state index contributed by atoms with van der Waals surface area (Å²) >= 11 is 6.40. The molecule has 14 heteroatoms. The van der Waals surface area contributed by atoms with Crippen molar-refractivity contribution in [1.29, 1.82) is 0 Å². The van der Waals surface area contributed by atoms with Crippen LogP contribution in [0.15, 0.2) is 48.0 Å². The average molecular weight is 649 g/mol. The summed E-state index contributed by atoms with van der Waals surface area (Å²) in [5.41, 5.74) is 0.751. The third-order valence-electron chi connectivity index (χ3n) is 6.17. The Balaban J connectivity index is 1.84.